The maximum atomic E-state index is 3.59. The highest BCUT2D eigenvalue weighted by Gasteiger charge is 2.05. The van der Waals surface area contributed by atoms with Crippen LogP contribution in [0.15, 0.2) is 27.1 Å². The normalized spacial score (nSPS) is 12.4. The van der Waals surface area contributed by atoms with Crippen molar-refractivity contribution in [2.24, 2.45) is 0 Å². The Bertz CT molecular complexity index is 352. The lowest BCUT2D eigenvalue weighted by Gasteiger charge is -2.16. The summed E-state index contributed by atoms with van der Waals surface area (Å²) in [6.07, 6.45) is 8.00. The highest BCUT2D eigenvalue weighted by molar-refractivity contribution is 9.11. The molecule has 0 aliphatic rings. The molecule has 0 saturated carbocycles. The standard InChI is InChI=1S/C15H23Br2N/c1-3-4-5-6-7-8-12(2)18-15-10-9-13(16)11-14(15)17/h9-12,18H,3-8H2,1-2H3. The molecule has 0 saturated heterocycles. The maximum Gasteiger partial charge on any atom is 0.0487 e. The van der Waals surface area contributed by atoms with Gasteiger partial charge < -0.3 is 5.32 Å². The zero-order valence-electron chi connectivity index (χ0n) is 11.3. The zero-order chi connectivity index (χ0) is 13.4. The van der Waals surface area contributed by atoms with Crippen LogP contribution in [-0.2, 0) is 0 Å². The molecular weight excluding hydrogens is 354 g/mol. The maximum absolute atomic E-state index is 3.59. The molecule has 0 fully saturated rings. The van der Waals surface area contributed by atoms with E-state index in [4.69, 9.17) is 0 Å². The van der Waals surface area contributed by atoms with E-state index in [2.05, 4.69) is 69.2 Å². The molecule has 102 valence electrons. The number of hydrogen-bond donors (Lipinski definition) is 1. The lowest BCUT2D eigenvalue weighted by Crippen LogP contribution is -2.15. The second kappa shape index (κ2) is 8.98. The van der Waals surface area contributed by atoms with E-state index in [0.717, 1.165) is 8.95 Å². The van der Waals surface area contributed by atoms with Crippen molar-refractivity contribution in [1.29, 1.82) is 0 Å². The fraction of sp³-hybridized carbons (Fsp3) is 0.600. The first-order chi connectivity index (χ1) is 8.63. The summed E-state index contributed by atoms with van der Waals surface area (Å²) in [4.78, 5) is 0. The fourth-order valence-electron chi connectivity index (χ4n) is 2.00. The molecule has 0 aromatic heterocycles. The van der Waals surface area contributed by atoms with Gasteiger partial charge in [0.1, 0.15) is 0 Å². The first-order valence-electron chi connectivity index (χ1n) is 6.85. The molecule has 1 rings (SSSR count). The topological polar surface area (TPSA) is 12.0 Å². The highest BCUT2D eigenvalue weighted by Crippen LogP contribution is 2.27. The van der Waals surface area contributed by atoms with Crippen LogP contribution in [-0.4, -0.2) is 6.04 Å². The molecule has 1 atom stereocenters. The Morgan fingerprint density at radius 3 is 2.50 bits per heavy atom. The van der Waals surface area contributed by atoms with Gasteiger partial charge >= 0.3 is 0 Å². The summed E-state index contributed by atoms with van der Waals surface area (Å²) in [6, 6.07) is 6.79. The van der Waals surface area contributed by atoms with Crippen molar-refractivity contribution in [2.75, 3.05) is 5.32 Å². The average molecular weight is 377 g/mol. The Morgan fingerprint density at radius 2 is 1.83 bits per heavy atom. The van der Waals surface area contributed by atoms with E-state index in [-0.39, 0.29) is 0 Å². The van der Waals surface area contributed by atoms with E-state index in [1.165, 1.54) is 44.2 Å². The van der Waals surface area contributed by atoms with Gasteiger partial charge in [0.05, 0.1) is 0 Å². The fourth-order valence-corrected chi connectivity index (χ4v) is 3.16. The predicted octanol–water partition coefficient (Wildman–Crippen LogP) is 6.37. The lowest BCUT2D eigenvalue weighted by atomic mass is 10.1. The number of hydrogen-bond acceptors (Lipinski definition) is 1. The minimum absolute atomic E-state index is 0.532. The van der Waals surface area contributed by atoms with Gasteiger partial charge in [-0.25, -0.2) is 0 Å². The average Bonchev–Trinajstić information content (AvgIpc) is 2.32. The van der Waals surface area contributed by atoms with Gasteiger partial charge in [-0.15, -0.1) is 0 Å². The summed E-state index contributed by atoms with van der Waals surface area (Å²) < 4.78 is 2.22. The molecule has 3 heteroatoms. The van der Waals surface area contributed by atoms with E-state index in [0.29, 0.717) is 6.04 Å². The molecule has 0 radical (unpaired) electrons. The van der Waals surface area contributed by atoms with Crippen LogP contribution < -0.4 is 5.32 Å². The highest BCUT2D eigenvalue weighted by atomic mass is 79.9. The van der Waals surface area contributed by atoms with Gasteiger partial charge in [-0.3, -0.25) is 0 Å². The van der Waals surface area contributed by atoms with Gasteiger partial charge in [0.15, 0.2) is 0 Å². The van der Waals surface area contributed by atoms with Crippen LogP contribution in [0, 0.1) is 0 Å². The first-order valence-corrected chi connectivity index (χ1v) is 8.43. The van der Waals surface area contributed by atoms with Crippen molar-refractivity contribution in [3.05, 3.63) is 27.1 Å². The molecular formula is C15H23Br2N. The Labute approximate surface area is 128 Å². The van der Waals surface area contributed by atoms with Gasteiger partial charge in [0.2, 0.25) is 0 Å². The largest absolute Gasteiger partial charge is 0.382 e. The second-order valence-corrected chi connectivity index (χ2v) is 6.64. The summed E-state index contributed by atoms with van der Waals surface area (Å²) in [5.74, 6) is 0. The van der Waals surface area contributed by atoms with E-state index in [1.807, 2.05) is 0 Å². The minimum atomic E-state index is 0.532. The van der Waals surface area contributed by atoms with E-state index < -0.39 is 0 Å². The van der Waals surface area contributed by atoms with E-state index in [1.54, 1.807) is 0 Å². The van der Waals surface area contributed by atoms with Crippen LogP contribution in [0.1, 0.15) is 52.4 Å². The van der Waals surface area contributed by atoms with Crippen LogP contribution in [0.5, 0.6) is 0 Å². The van der Waals surface area contributed by atoms with Crippen LogP contribution in [0.25, 0.3) is 0 Å². The lowest BCUT2D eigenvalue weighted by molar-refractivity contribution is 0.578. The van der Waals surface area contributed by atoms with Crippen molar-refractivity contribution in [2.45, 2.75) is 58.4 Å². The van der Waals surface area contributed by atoms with E-state index in [9.17, 15) is 0 Å². The van der Waals surface area contributed by atoms with Crippen molar-refractivity contribution >= 4 is 37.5 Å². The molecule has 1 N–H and O–H groups in total. The predicted molar refractivity (Wildman–Crippen MR) is 88.3 cm³/mol. The molecule has 0 spiro atoms. The monoisotopic (exact) mass is 375 g/mol. The number of halogens is 2. The van der Waals surface area contributed by atoms with Gasteiger partial charge in [-0.05, 0) is 47.5 Å². The summed E-state index contributed by atoms with van der Waals surface area (Å²) >= 11 is 7.06. The third-order valence-electron chi connectivity index (χ3n) is 3.07. The van der Waals surface area contributed by atoms with Crippen molar-refractivity contribution < 1.29 is 0 Å². The second-order valence-electron chi connectivity index (χ2n) is 4.87. The minimum Gasteiger partial charge on any atom is -0.382 e. The van der Waals surface area contributed by atoms with Gasteiger partial charge in [0.25, 0.3) is 0 Å². The summed E-state index contributed by atoms with van der Waals surface area (Å²) in [5.41, 5.74) is 1.18. The molecule has 0 aliphatic heterocycles. The van der Waals surface area contributed by atoms with Crippen molar-refractivity contribution in [3.63, 3.8) is 0 Å². The SMILES string of the molecule is CCCCCCCC(C)Nc1ccc(Br)cc1Br. The van der Waals surface area contributed by atoms with Crippen LogP contribution in [0.2, 0.25) is 0 Å². The Kier molecular flexibility index (Phi) is 8.00. The Hall–Kier alpha value is -0.0200. The quantitative estimate of drug-likeness (QED) is 0.519. The summed E-state index contributed by atoms with van der Waals surface area (Å²) in [7, 11) is 0. The molecule has 0 heterocycles. The van der Waals surface area contributed by atoms with Crippen LogP contribution in [0.4, 0.5) is 5.69 Å². The van der Waals surface area contributed by atoms with Gasteiger partial charge in [0, 0.05) is 20.7 Å². The van der Waals surface area contributed by atoms with Gasteiger partial charge in [-0.1, -0.05) is 55.0 Å². The molecule has 0 bridgehead atoms. The summed E-state index contributed by atoms with van der Waals surface area (Å²) in [5, 5.41) is 3.56. The first kappa shape index (κ1) is 16.0. The molecule has 1 aromatic rings. The van der Waals surface area contributed by atoms with Crippen molar-refractivity contribution in [3.8, 4) is 0 Å². The smallest absolute Gasteiger partial charge is 0.0487 e. The number of anilines is 1. The number of unbranched alkanes of at least 4 members (excludes halogenated alkanes) is 4. The van der Waals surface area contributed by atoms with Gasteiger partial charge in [-0.2, -0.15) is 0 Å². The number of nitrogens with one attached hydrogen (secondary N) is 1. The molecule has 0 amide bonds. The molecule has 1 nitrogen and oxygen atoms in total. The zero-order valence-corrected chi connectivity index (χ0v) is 14.5. The Balaban J connectivity index is 2.28. The molecule has 18 heavy (non-hydrogen) atoms. The van der Waals surface area contributed by atoms with Crippen molar-refractivity contribution in [1.82, 2.24) is 0 Å². The third kappa shape index (κ3) is 6.24. The van der Waals surface area contributed by atoms with E-state index >= 15 is 0 Å². The molecule has 0 aliphatic carbocycles. The van der Waals surface area contributed by atoms with Crippen LogP contribution in [0.3, 0.4) is 0 Å². The molecule has 1 aromatic carbocycles. The van der Waals surface area contributed by atoms with Crippen LogP contribution >= 0.6 is 31.9 Å². The third-order valence-corrected chi connectivity index (χ3v) is 4.22. The number of rotatable bonds is 8. The Morgan fingerprint density at radius 1 is 1.11 bits per heavy atom. The summed E-state index contributed by atoms with van der Waals surface area (Å²) in [6.45, 7) is 4.52. The number of benzene rings is 1. The molecule has 1 unspecified atom stereocenters.